The maximum atomic E-state index is 11.5. The molecule has 2 atom stereocenters. The third-order valence-corrected chi connectivity index (χ3v) is 2.81. The third kappa shape index (κ3) is 1.60. The third-order valence-electron chi connectivity index (χ3n) is 2.81. The predicted octanol–water partition coefficient (Wildman–Crippen LogP) is 1.31. The summed E-state index contributed by atoms with van der Waals surface area (Å²) >= 11 is 0. The van der Waals surface area contributed by atoms with Gasteiger partial charge in [-0.2, -0.15) is 0 Å². The zero-order chi connectivity index (χ0) is 9.97. The first-order chi connectivity index (χ1) is 6.83. The van der Waals surface area contributed by atoms with E-state index in [-0.39, 0.29) is 17.8 Å². The monoisotopic (exact) mass is 194 g/mol. The number of hydrogen-bond acceptors (Lipinski definition) is 3. The molecule has 1 heterocycles. The van der Waals surface area contributed by atoms with Crippen molar-refractivity contribution in [3.8, 4) is 0 Å². The van der Waals surface area contributed by atoms with Crippen LogP contribution in [-0.2, 0) is 14.3 Å². The molecule has 0 aromatic carbocycles. The van der Waals surface area contributed by atoms with Crippen LogP contribution in [0.25, 0.3) is 0 Å². The van der Waals surface area contributed by atoms with Crippen LogP contribution >= 0.6 is 0 Å². The van der Waals surface area contributed by atoms with E-state index in [4.69, 9.17) is 9.47 Å². The van der Waals surface area contributed by atoms with Crippen LogP contribution in [0.3, 0.4) is 0 Å². The number of rotatable bonds is 1. The van der Waals surface area contributed by atoms with Crippen LogP contribution in [0.1, 0.15) is 6.42 Å². The average molecular weight is 194 g/mol. The summed E-state index contributed by atoms with van der Waals surface area (Å²) in [7, 11) is 1.43. The zero-order valence-electron chi connectivity index (χ0n) is 8.23. The van der Waals surface area contributed by atoms with Crippen molar-refractivity contribution in [1.82, 2.24) is 0 Å². The summed E-state index contributed by atoms with van der Waals surface area (Å²) in [6.07, 6.45) is 7.00. The summed E-state index contributed by atoms with van der Waals surface area (Å²) in [5, 5.41) is 0. The molecule has 0 unspecified atom stereocenters. The number of ether oxygens (including phenoxy) is 2. The van der Waals surface area contributed by atoms with Crippen LogP contribution in [-0.4, -0.2) is 26.3 Å². The largest absolute Gasteiger partial charge is 0.469 e. The van der Waals surface area contributed by atoms with Crippen molar-refractivity contribution < 1.29 is 14.3 Å². The second kappa shape index (κ2) is 3.96. The van der Waals surface area contributed by atoms with E-state index in [1.54, 1.807) is 0 Å². The highest BCUT2D eigenvalue weighted by Gasteiger charge is 2.34. The van der Waals surface area contributed by atoms with Crippen molar-refractivity contribution in [1.29, 1.82) is 0 Å². The van der Waals surface area contributed by atoms with Gasteiger partial charge in [0, 0.05) is 5.92 Å². The molecule has 3 heteroatoms. The number of esters is 1. The number of carbonyl (C=O) groups is 1. The topological polar surface area (TPSA) is 35.5 Å². The molecule has 0 aromatic rings. The number of carbonyl (C=O) groups excluding carboxylic acids is 1. The molecule has 1 aliphatic heterocycles. The summed E-state index contributed by atoms with van der Waals surface area (Å²) < 4.78 is 10.1. The lowest BCUT2D eigenvalue weighted by atomic mass is 9.89. The van der Waals surface area contributed by atoms with Gasteiger partial charge >= 0.3 is 5.97 Å². The Morgan fingerprint density at radius 2 is 2.50 bits per heavy atom. The molecule has 2 rings (SSSR count). The van der Waals surface area contributed by atoms with E-state index in [2.05, 4.69) is 6.08 Å². The van der Waals surface area contributed by atoms with Crippen LogP contribution in [0.5, 0.6) is 0 Å². The van der Waals surface area contributed by atoms with Gasteiger partial charge in [0.05, 0.1) is 26.2 Å². The Labute approximate surface area is 83.4 Å². The van der Waals surface area contributed by atoms with E-state index in [1.165, 1.54) is 12.7 Å². The minimum atomic E-state index is -0.162. The van der Waals surface area contributed by atoms with E-state index >= 15 is 0 Å². The van der Waals surface area contributed by atoms with Gasteiger partial charge in [-0.15, -0.1) is 0 Å². The van der Waals surface area contributed by atoms with Gasteiger partial charge in [0.2, 0.25) is 0 Å². The Morgan fingerprint density at radius 3 is 3.29 bits per heavy atom. The van der Waals surface area contributed by atoms with Gasteiger partial charge in [-0.1, -0.05) is 18.2 Å². The number of fused-ring (bicyclic) bond motifs is 1. The van der Waals surface area contributed by atoms with E-state index in [9.17, 15) is 4.79 Å². The molecular formula is C11H14O3. The smallest absolute Gasteiger partial charge is 0.313 e. The molecule has 1 saturated heterocycles. The SMILES string of the molecule is COC(=O)[C@@H]1C=CCC=C2COC[C@@H]21. The lowest BCUT2D eigenvalue weighted by Gasteiger charge is -2.16. The van der Waals surface area contributed by atoms with Crippen molar-refractivity contribution >= 4 is 5.97 Å². The van der Waals surface area contributed by atoms with Gasteiger partial charge in [0.25, 0.3) is 0 Å². The summed E-state index contributed by atoms with van der Waals surface area (Å²) in [5.74, 6) is -0.123. The fourth-order valence-electron chi connectivity index (χ4n) is 2.02. The van der Waals surface area contributed by atoms with Crippen molar-refractivity contribution in [2.75, 3.05) is 20.3 Å². The van der Waals surface area contributed by atoms with Gasteiger partial charge in [-0.25, -0.2) is 0 Å². The number of allylic oxidation sites excluding steroid dienone is 2. The molecule has 76 valence electrons. The van der Waals surface area contributed by atoms with Crippen LogP contribution < -0.4 is 0 Å². The van der Waals surface area contributed by atoms with E-state index in [1.807, 2.05) is 12.2 Å². The summed E-state index contributed by atoms with van der Waals surface area (Å²) in [6.45, 7) is 1.30. The van der Waals surface area contributed by atoms with E-state index in [0.717, 1.165) is 6.42 Å². The molecule has 0 radical (unpaired) electrons. The van der Waals surface area contributed by atoms with Crippen LogP contribution in [0.15, 0.2) is 23.8 Å². The molecule has 0 spiro atoms. The average Bonchev–Trinajstić information content (AvgIpc) is 2.57. The second-order valence-corrected chi connectivity index (χ2v) is 3.61. The molecule has 2 aliphatic rings. The first-order valence-corrected chi connectivity index (χ1v) is 4.84. The van der Waals surface area contributed by atoms with Crippen molar-refractivity contribution in [3.63, 3.8) is 0 Å². The number of methoxy groups -OCH3 is 1. The summed E-state index contributed by atoms with van der Waals surface area (Å²) in [4.78, 5) is 11.5. The van der Waals surface area contributed by atoms with Crippen LogP contribution in [0, 0.1) is 11.8 Å². The van der Waals surface area contributed by atoms with Crippen molar-refractivity contribution in [2.24, 2.45) is 11.8 Å². The van der Waals surface area contributed by atoms with Gasteiger partial charge in [0.1, 0.15) is 0 Å². The summed E-state index contributed by atoms with van der Waals surface area (Å²) in [5.41, 5.74) is 1.24. The Morgan fingerprint density at radius 1 is 1.64 bits per heavy atom. The predicted molar refractivity (Wildman–Crippen MR) is 51.7 cm³/mol. The molecule has 14 heavy (non-hydrogen) atoms. The molecular weight excluding hydrogens is 180 g/mol. The standard InChI is InChI=1S/C11H14O3/c1-13-11(12)9-5-3-2-4-8-6-14-7-10(8)9/h3-5,9-10H,2,6-7H2,1H3/t9-,10+/m1/s1. The van der Waals surface area contributed by atoms with Gasteiger partial charge in [-0.05, 0) is 12.0 Å². The highest BCUT2D eigenvalue weighted by atomic mass is 16.5. The highest BCUT2D eigenvalue weighted by Crippen LogP contribution is 2.31. The first-order valence-electron chi connectivity index (χ1n) is 4.84. The molecule has 0 N–H and O–H groups in total. The normalized spacial score (nSPS) is 30.5. The Bertz CT molecular complexity index is 291. The zero-order valence-corrected chi connectivity index (χ0v) is 8.23. The maximum Gasteiger partial charge on any atom is 0.313 e. The Kier molecular flexibility index (Phi) is 2.68. The summed E-state index contributed by atoms with van der Waals surface area (Å²) in [6, 6.07) is 0. The minimum Gasteiger partial charge on any atom is -0.469 e. The molecule has 1 fully saturated rings. The van der Waals surface area contributed by atoms with E-state index in [0.29, 0.717) is 13.2 Å². The van der Waals surface area contributed by atoms with Crippen molar-refractivity contribution in [3.05, 3.63) is 23.8 Å². The quantitative estimate of drug-likeness (QED) is 0.466. The molecule has 3 nitrogen and oxygen atoms in total. The molecule has 0 aromatic heterocycles. The minimum absolute atomic E-state index is 0.156. The highest BCUT2D eigenvalue weighted by molar-refractivity contribution is 5.75. The number of hydrogen-bond donors (Lipinski definition) is 0. The maximum absolute atomic E-state index is 11.5. The molecule has 0 saturated carbocycles. The Hall–Kier alpha value is -1.09. The van der Waals surface area contributed by atoms with Gasteiger partial charge < -0.3 is 9.47 Å². The molecule has 0 bridgehead atoms. The lowest BCUT2D eigenvalue weighted by Crippen LogP contribution is -2.24. The molecule has 0 amide bonds. The van der Waals surface area contributed by atoms with Gasteiger partial charge in [-0.3, -0.25) is 4.79 Å². The van der Waals surface area contributed by atoms with Crippen LogP contribution in [0.2, 0.25) is 0 Å². The molecule has 1 aliphatic carbocycles. The Balaban J connectivity index is 2.22. The lowest BCUT2D eigenvalue weighted by molar-refractivity contribution is -0.145. The second-order valence-electron chi connectivity index (χ2n) is 3.61. The fourth-order valence-corrected chi connectivity index (χ4v) is 2.02. The van der Waals surface area contributed by atoms with Gasteiger partial charge in [0.15, 0.2) is 0 Å². The van der Waals surface area contributed by atoms with Crippen LogP contribution in [0.4, 0.5) is 0 Å². The fraction of sp³-hybridized carbons (Fsp3) is 0.545. The van der Waals surface area contributed by atoms with E-state index < -0.39 is 0 Å². The first kappa shape index (κ1) is 9.46. The van der Waals surface area contributed by atoms with Crippen molar-refractivity contribution in [2.45, 2.75) is 6.42 Å².